The van der Waals surface area contributed by atoms with Crippen molar-refractivity contribution >= 4 is 34.6 Å². The van der Waals surface area contributed by atoms with E-state index in [0.29, 0.717) is 0 Å². The molecule has 7 heteroatoms. The van der Waals surface area contributed by atoms with Crippen molar-refractivity contribution in [3.05, 3.63) is 58.8 Å². The number of anilines is 1. The molecule has 0 bridgehead atoms. The van der Waals surface area contributed by atoms with Crippen LogP contribution in [0.2, 0.25) is 0 Å². The van der Waals surface area contributed by atoms with Gasteiger partial charge in [-0.2, -0.15) is 0 Å². The number of β-amino-alcohol motifs (C(OH)–C–C–N with tert-alkyl or cyclic N) is 1. The van der Waals surface area contributed by atoms with Crippen molar-refractivity contribution in [3.63, 3.8) is 0 Å². The van der Waals surface area contributed by atoms with Crippen LogP contribution in [0.15, 0.2) is 47.5 Å². The van der Waals surface area contributed by atoms with E-state index in [1.165, 1.54) is 21.7 Å². The molecule has 0 spiro atoms. The van der Waals surface area contributed by atoms with Crippen LogP contribution >= 0.6 is 11.8 Å². The minimum atomic E-state index is 0.232. The smallest absolute Gasteiger partial charge is 0.0972 e. The van der Waals surface area contributed by atoms with Gasteiger partial charge in [-0.1, -0.05) is 6.07 Å². The molecule has 166 valence electrons. The van der Waals surface area contributed by atoms with Crippen molar-refractivity contribution in [1.29, 1.82) is 0 Å². The lowest BCUT2D eigenvalue weighted by Gasteiger charge is -2.36. The maximum atomic E-state index is 9.18. The Bertz CT molecular complexity index is 1130. The molecule has 2 aliphatic heterocycles. The number of aliphatic hydroxyl groups is 1. The molecule has 2 saturated heterocycles. The third kappa shape index (κ3) is 4.52. The Hall–Kier alpha value is -2.45. The summed E-state index contributed by atoms with van der Waals surface area (Å²) in [5.74, 6) is 0.967. The van der Waals surface area contributed by atoms with Gasteiger partial charge in [0.25, 0.3) is 0 Å². The van der Waals surface area contributed by atoms with Crippen molar-refractivity contribution in [1.82, 2.24) is 20.2 Å². The highest BCUT2D eigenvalue weighted by Crippen LogP contribution is 2.31. The molecule has 0 radical (unpaired) electrons. The summed E-state index contributed by atoms with van der Waals surface area (Å²) in [7, 11) is 0. The fourth-order valence-corrected chi connectivity index (χ4v) is 5.31. The molecule has 0 amide bonds. The largest absolute Gasteiger partial charge is 0.395 e. The summed E-state index contributed by atoms with van der Waals surface area (Å²) in [5.41, 5.74) is 7.70. The molecule has 32 heavy (non-hydrogen) atoms. The summed E-state index contributed by atoms with van der Waals surface area (Å²) in [4.78, 5) is 15.6. The van der Waals surface area contributed by atoms with Gasteiger partial charge in [0, 0.05) is 67.5 Å². The monoisotopic (exact) mass is 447 g/mol. The molecule has 5 rings (SSSR count). The Morgan fingerprint density at radius 2 is 2.00 bits per heavy atom. The van der Waals surface area contributed by atoms with Gasteiger partial charge in [0.1, 0.15) is 0 Å². The highest BCUT2D eigenvalue weighted by Gasteiger charge is 2.18. The second kappa shape index (κ2) is 9.58. The number of aromatic nitrogens is 2. The topological polar surface area (TPSA) is 64.5 Å². The second-order valence-electron chi connectivity index (χ2n) is 8.34. The standard InChI is InChI=1S/C25H29N5OS/c1-18-14-19(2-5-24(18)30-10-8-29(9-11-30)12-13-31)22-6-7-27-23-4-3-20(28-25(22)23)15-21-16-26-17-32-21/h2-7,14-15,26,31H,8-13,16-17H2,1H3/b21-15-. The Morgan fingerprint density at radius 1 is 1.12 bits per heavy atom. The van der Waals surface area contributed by atoms with E-state index in [2.05, 4.69) is 69.5 Å². The van der Waals surface area contributed by atoms with E-state index in [0.717, 1.165) is 67.4 Å². The van der Waals surface area contributed by atoms with E-state index in [4.69, 9.17) is 4.98 Å². The van der Waals surface area contributed by atoms with E-state index in [1.807, 2.05) is 18.0 Å². The zero-order valence-corrected chi connectivity index (χ0v) is 19.2. The molecule has 2 N–H and O–H groups in total. The summed E-state index contributed by atoms with van der Waals surface area (Å²) in [6.07, 6.45) is 4.05. The van der Waals surface area contributed by atoms with Crippen molar-refractivity contribution in [3.8, 4) is 11.1 Å². The zero-order chi connectivity index (χ0) is 21.9. The minimum Gasteiger partial charge on any atom is -0.395 e. The third-order valence-electron chi connectivity index (χ3n) is 6.21. The van der Waals surface area contributed by atoms with Crippen molar-refractivity contribution in [2.24, 2.45) is 0 Å². The van der Waals surface area contributed by atoms with Gasteiger partial charge in [-0.3, -0.25) is 9.88 Å². The maximum absolute atomic E-state index is 9.18. The summed E-state index contributed by atoms with van der Waals surface area (Å²) in [5, 5.41) is 12.5. The van der Waals surface area contributed by atoms with Crippen LogP contribution in [0.4, 0.5) is 5.69 Å². The van der Waals surface area contributed by atoms with Crippen molar-refractivity contribution < 1.29 is 5.11 Å². The van der Waals surface area contributed by atoms with Crippen LogP contribution in [-0.2, 0) is 0 Å². The number of pyridine rings is 2. The lowest BCUT2D eigenvalue weighted by Crippen LogP contribution is -2.47. The van der Waals surface area contributed by atoms with Gasteiger partial charge in [0.05, 0.1) is 23.3 Å². The molecule has 6 nitrogen and oxygen atoms in total. The van der Waals surface area contributed by atoms with E-state index < -0.39 is 0 Å². The first-order valence-corrected chi connectivity index (χ1v) is 12.2. The molecule has 3 aromatic rings. The van der Waals surface area contributed by atoms with Crippen LogP contribution < -0.4 is 10.2 Å². The zero-order valence-electron chi connectivity index (χ0n) is 18.4. The van der Waals surface area contributed by atoms with Crippen LogP contribution in [0.3, 0.4) is 0 Å². The number of nitrogens with zero attached hydrogens (tertiary/aromatic N) is 4. The number of aliphatic hydroxyl groups excluding tert-OH is 1. The summed E-state index contributed by atoms with van der Waals surface area (Å²) in [6.45, 7) is 8.07. The lowest BCUT2D eigenvalue weighted by atomic mass is 10.0. The highest BCUT2D eigenvalue weighted by molar-refractivity contribution is 8.03. The number of hydrogen-bond acceptors (Lipinski definition) is 7. The lowest BCUT2D eigenvalue weighted by molar-refractivity contribution is 0.188. The van der Waals surface area contributed by atoms with Gasteiger partial charge >= 0.3 is 0 Å². The molecular weight excluding hydrogens is 418 g/mol. The van der Waals surface area contributed by atoms with Crippen LogP contribution in [0, 0.1) is 6.92 Å². The Labute approximate surface area is 193 Å². The number of fused-ring (bicyclic) bond motifs is 1. The first-order valence-electron chi connectivity index (χ1n) is 11.2. The molecule has 0 saturated carbocycles. The molecule has 0 unspecified atom stereocenters. The van der Waals surface area contributed by atoms with Crippen LogP contribution in [0.5, 0.6) is 0 Å². The summed E-state index contributed by atoms with van der Waals surface area (Å²) < 4.78 is 0. The fraction of sp³-hybridized carbons (Fsp3) is 0.360. The van der Waals surface area contributed by atoms with E-state index in [1.54, 1.807) is 0 Å². The third-order valence-corrected chi connectivity index (χ3v) is 7.19. The molecule has 0 atom stereocenters. The van der Waals surface area contributed by atoms with Crippen LogP contribution in [0.25, 0.3) is 28.2 Å². The predicted molar refractivity (Wildman–Crippen MR) is 134 cm³/mol. The molecular formula is C25H29N5OS. The molecule has 2 aromatic heterocycles. The minimum absolute atomic E-state index is 0.232. The summed E-state index contributed by atoms with van der Waals surface area (Å²) >= 11 is 1.84. The predicted octanol–water partition coefficient (Wildman–Crippen LogP) is 3.35. The van der Waals surface area contributed by atoms with Gasteiger partial charge in [0.15, 0.2) is 0 Å². The fourth-order valence-electron chi connectivity index (χ4n) is 4.51. The average molecular weight is 448 g/mol. The maximum Gasteiger partial charge on any atom is 0.0972 e. The average Bonchev–Trinajstić information content (AvgIpc) is 3.32. The molecule has 4 heterocycles. The quantitative estimate of drug-likeness (QED) is 0.622. The SMILES string of the molecule is Cc1cc(-c2ccnc3ccc(/C=C4/CNCS4)nc23)ccc1N1CCN(CCO)CC1. The first kappa shape index (κ1) is 21.4. The Morgan fingerprint density at radius 3 is 2.75 bits per heavy atom. The molecule has 1 aromatic carbocycles. The number of piperazine rings is 1. The van der Waals surface area contributed by atoms with Gasteiger partial charge in [-0.25, -0.2) is 4.98 Å². The molecule has 2 fully saturated rings. The molecule has 0 aliphatic carbocycles. The van der Waals surface area contributed by atoms with Crippen molar-refractivity contribution in [2.75, 3.05) is 56.7 Å². The van der Waals surface area contributed by atoms with E-state index in [-0.39, 0.29) is 6.61 Å². The Kier molecular flexibility index (Phi) is 6.41. The number of aryl methyl sites for hydroxylation is 1. The number of benzene rings is 1. The Balaban J connectivity index is 1.43. The first-order chi connectivity index (χ1) is 15.7. The van der Waals surface area contributed by atoms with E-state index in [9.17, 15) is 5.11 Å². The normalized spacial score (nSPS) is 18.7. The number of nitrogens with one attached hydrogen (secondary N) is 1. The van der Waals surface area contributed by atoms with E-state index >= 15 is 0 Å². The van der Waals surface area contributed by atoms with Gasteiger partial charge < -0.3 is 15.3 Å². The van der Waals surface area contributed by atoms with Gasteiger partial charge in [0.2, 0.25) is 0 Å². The van der Waals surface area contributed by atoms with Gasteiger partial charge in [-0.05, 0) is 54.5 Å². The number of hydrogen-bond donors (Lipinski definition) is 2. The van der Waals surface area contributed by atoms with Crippen LogP contribution in [0.1, 0.15) is 11.3 Å². The number of rotatable bonds is 5. The highest BCUT2D eigenvalue weighted by atomic mass is 32.2. The van der Waals surface area contributed by atoms with Gasteiger partial charge in [-0.15, -0.1) is 11.8 Å². The summed E-state index contributed by atoms with van der Waals surface area (Å²) in [6, 6.07) is 12.9. The second-order valence-corrected chi connectivity index (χ2v) is 9.44. The number of thioether (sulfide) groups is 1. The van der Waals surface area contributed by atoms with Crippen molar-refractivity contribution in [2.45, 2.75) is 6.92 Å². The van der Waals surface area contributed by atoms with Crippen LogP contribution in [-0.4, -0.2) is 71.7 Å². The molecule has 2 aliphatic rings.